The number of rotatable bonds is 6. The summed E-state index contributed by atoms with van der Waals surface area (Å²) >= 11 is 0. The SMILES string of the molecule is Cc1ccc(N(CCC#N)Cc2cccc(F)c2)c(C=O)c1. The maximum absolute atomic E-state index is 13.3. The Hall–Kier alpha value is -2.67. The van der Waals surface area contributed by atoms with Crippen molar-refractivity contribution in [1.82, 2.24) is 0 Å². The summed E-state index contributed by atoms with van der Waals surface area (Å²) < 4.78 is 13.3. The van der Waals surface area contributed by atoms with Crippen molar-refractivity contribution in [1.29, 1.82) is 5.26 Å². The highest BCUT2D eigenvalue weighted by Crippen LogP contribution is 2.23. The van der Waals surface area contributed by atoms with E-state index in [4.69, 9.17) is 5.26 Å². The van der Waals surface area contributed by atoms with Crippen LogP contribution in [0.4, 0.5) is 10.1 Å². The second-order valence-electron chi connectivity index (χ2n) is 5.14. The molecule has 22 heavy (non-hydrogen) atoms. The number of halogens is 1. The third-order valence-corrected chi connectivity index (χ3v) is 3.41. The van der Waals surface area contributed by atoms with Gasteiger partial charge in [-0.15, -0.1) is 0 Å². The molecule has 0 aromatic heterocycles. The highest BCUT2D eigenvalue weighted by Gasteiger charge is 2.12. The van der Waals surface area contributed by atoms with Crippen LogP contribution < -0.4 is 4.90 Å². The van der Waals surface area contributed by atoms with Gasteiger partial charge < -0.3 is 4.90 Å². The van der Waals surface area contributed by atoms with Crippen molar-refractivity contribution in [3.63, 3.8) is 0 Å². The van der Waals surface area contributed by atoms with Crippen molar-refractivity contribution in [2.45, 2.75) is 19.9 Å². The summed E-state index contributed by atoms with van der Waals surface area (Å²) in [6.07, 6.45) is 1.15. The van der Waals surface area contributed by atoms with E-state index >= 15 is 0 Å². The molecule has 0 heterocycles. The quantitative estimate of drug-likeness (QED) is 0.760. The average molecular weight is 296 g/mol. The predicted octanol–water partition coefficient (Wildman–Crippen LogP) is 3.87. The third kappa shape index (κ3) is 3.92. The first-order valence-electron chi connectivity index (χ1n) is 7.06. The van der Waals surface area contributed by atoms with E-state index < -0.39 is 0 Å². The van der Waals surface area contributed by atoms with E-state index in [0.717, 1.165) is 23.1 Å². The summed E-state index contributed by atoms with van der Waals surface area (Å²) in [6.45, 7) is 2.85. The smallest absolute Gasteiger partial charge is 0.152 e. The van der Waals surface area contributed by atoms with Crippen LogP contribution in [0.15, 0.2) is 42.5 Å². The van der Waals surface area contributed by atoms with E-state index in [1.807, 2.05) is 36.1 Å². The number of hydrogen-bond donors (Lipinski definition) is 0. The van der Waals surface area contributed by atoms with E-state index in [2.05, 4.69) is 6.07 Å². The van der Waals surface area contributed by atoms with Crippen LogP contribution in [0.3, 0.4) is 0 Å². The molecule has 0 radical (unpaired) electrons. The van der Waals surface area contributed by atoms with Gasteiger partial charge in [0.2, 0.25) is 0 Å². The molecule has 0 fully saturated rings. The minimum absolute atomic E-state index is 0.294. The van der Waals surface area contributed by atoms with Crippen LogP contribution in [0.25, 0.3) is 0 Å². The van der Waals surface area contributed by atoms with Crippen molar-refractivity contribution < 1.29 is 9.18 Å². The number of nitrogens with zero attached hydrogens (tertiary/aromatic N) is 2. The van der Waals surface area contributed by atoms with Crippen LogP contribution >= 0.6 is 0 Å². The fraction of sp³-hybridized carbons (Fsp3) is 0.222. The Kier molecular flexibility index (Phi) is 5.26. The number of aldehydes is 1. The van der Waals surface area contributed by atoms with Crippen molar-refractivity contribution in [2.24, 2.45) is 0 Å². The van der Waals surface area contributed by atoms with E-state index in [0.29, 0.717) is 25.1 Å². The molecular formula is C18H17FN2O. The summed E-state index contributed by atoms with van der Waals surface area (Å²) in [4.78, 5) is 13.2. The number of anilines is 1. The van der Waals surface area contributed by atoms with E-state index in [9.17, 15) is 9.18 Å². The number of carbonyl (C=O) groups excluding carboxylic acids is 1. The van der Waals surface area contributed by atoms with Gasteiger partial charge >= 0.3 is 0 Å². The average Bonchev–Trinajstić information content (AvgIpc) is 2.51. The van der Waals surface area contributed by atoms with E-state index in [-0.39, 0.29) is 5.82 Å². The zero-order valence-electron chi connectivity index (χ0n) is 12.4. The van der Waals surface area contributed by atoms with Crippen molar-refractivity contribution in [3.05, 3.63) is 65.0 Å². The molecule has 2 aromatic carbocycles. The lowest BCUT2D eigenvalue weighted by atomic mass is 10.1. The normalized spacial score (nSPS) is 10.0. The highest BCUT2D eigenvalue weighted by atomic mass is 19.1. The molecule has 0 atom stereocenters. The summed E-state index contributed by atoms with van der Waals surface area (Å²) in [5.41, 5.74) is 3.14. The fourth-order valence-corrected chi connectivity index (χ4v) is 2.38. The molecule has 0 bridgehead atoms. The molecule has 0 N–H and O–H groups in total. The molecule has 0 aliphatic rings. The summed E-state index contributed by atoms with van der Waals surface area (Å²) in [6, 6.07) is 14.1. The van der Waals surface area contributed by atoms with Crippen LogP contribution in [0, 0.1) is 24.1 Å². The maximum Gasteiger partial charge on any atom is 0.152 e. The molecule has 0 unspecified atom stereocenters. The van der Waals surface area contributed by atoms with Gasteiger partial charge in [-0.05, 0) is 36.8 Å². The molecule has 4 heteroatoms. The van der Waals surface area contributed by atoms with Crippen LogP contribution in [0.2, 0.25) is 0 Å². The molecule has 0 amide bonds. The lowest BCUT2D eigenvalue weighted by molar-refractivity contribution is 0.112. The zero-order chi connectivity index (χ0) is 15.9. The van der Waals surface area contributed by atoms with Gasteiger partial charge in [0.15, 0.2) is 6.29 Å². The number of benzene rings is 2. The standard InChI is InChI=1S/C18H17FN2O/c1-14-6-7-18(16(10-14)13-22)21(9-3-8-20)12-15-4-2-5-17(19)11-15/h2,4-7,10-11,13H,3,9,12H2,1H3. The molecule has 0 spiro atoms. The Morgan fingerprint density at radius 2 is 2.09 bits per heavy atom. The lowest BCUT2D eigenvalue weighted by Gasteiger charge is -2.25. The molecule has 2 rings (SSSR count). The van der Waals surface area contributed by atoms with Crippen LogP contribution in [-0.2, 0) is 6.54 Å². The molecule has 0 saturated carbocycles. The molecule has 0 aliphatic carbocycles. The third-order valence-electron chi connectivity index (χ3n) is 3.41. The maximum atomic E-state index is 13.3. The number of carbonyl (C=O) groups is 1. The number of hydrogen-bond acceptors (Lipinski definition) is 3. The topological polar surface area (TPSA) is 44.1 Å². The molecule has 3 nitrogen and oxygen atoms in total. The molecule has 2 aromatic rings. The first kappa shape index (κ1) is 15.7. The Morgan fingerprint density at radius 1 is 1.27 bits per heavy atom. The Bertz CT molecular complexity index is 706. The second-order valence-corrected chi connectivity index (χ2v) is 5.14. The minimum Gasteiger partial charge on any atom is -0.366 e. The van der Waals surface area contributed by atoms with Gasteiger partial charge in [0.25, 0.3) is 0 Å². The lowest BCUT2D eigenvalue weighted by Crippen LogP contribution is -2.25. The second kappa shape index (κ2) is 7.37. The summed E-state index contributed by atoms with van der Waals surface area (Å²) in [5, 5.41) is 8.84. The van der Waals surface area contributed by atoms with E-state index in [1.54, 1.807) is 6.07 Å². The van der Waals surface area contributed by atoms with Crippen LogP contribution in [0.5, 0.6) is 0 Å². The van der Waals surface area contributed by atoms with Crippen molar-refractivity contribution in [2.75, 3.05) is 11.4 Å². The molecule has 112 valence electrons. The first-order chi connectivity index (χ1) is 10.6. The highest BCUT2D eigenvalue weighted by molar-refractivity contribution is 5.85. The van der Waals surface area contributed by atoms with Gasteiger partial charge in [-0.25, -0.2) is 4.39 Å². The monoisotopic (exact) mass is 296 g/mol. The number of nitriles is 1. The minimum atomic E-state index is -0.294. The van der Waals surface area contributed by atoms with Crippen molar-refractivity contribution >= 4 is 12.0 Å². The summed E-state index contributed by atoms with van der Waals surface area (Å²) in [5.74, 6) is -0.294. The molecular weight excluding hydrogens is 279 g/mol. The number of aryl methyl sites for hydroxylation is 1. The van der Waals surface area contributed by atoms with Gasteiger partial charge in [-0.3, -0.25) is 4.79 Å². The van der Waals surface area contributed by atoms with Gasteiger partial charge in [-0.2, -0.15) is 5.26 Å². The van der Waals surface area contributed by atoms with Crippen LogP contribution in [0.1, 0.15) is 27.9 Å². The van der Waals surface area contributed by atoms with Gasteiger partial charge in [0.05, 0.1) is 12.5 Å². The van der Waals surface area contributed by atoms with Gasteiger partial charge in [0, 0.05) is 24.3 Å². The fourth-order valence-electron chi connectivity index (χ4n) is 2.38. The predicted molar refractivity (Wildman–Crippen MR) is 84.2 cm³/mol. The van der Waals surface area contributed by atoms with Crippen molar-refractivity contribution in [3.8, 4) is 6.07 Å². The van der Waals surface area contributed by atoms with Gasteiger partial charge in [0.1, 0.15) is 5.82 Å². The molecule has 0 aliphatic heterocycles. The zero-order valence-corrected chi connectivity index (χ0v) is 12.4. The first-order valence-corrected chi connectivity index (χ1v) is 7.06. The largest absolute Gasteiger partial charge is 0.366 e. The van der Waals surface area contributed by atoms with E-state index in [1.165, 1.54) is 12.1 Å². The summed E-state index contributed by atoms with van der Waals surface area (Å²) in [7, 11) is 0. The van der Waals surface area contributed by atoms with Crippen LogP contribution in [-0.4, -0.2) is 12.8 Å². The molecule has 0 saturated heterocycles. The Balaban J connectivity index is 2.34. The van der Waals surface area contributed by atoms with Gasteiger partial charge in [-0.1, -0.05) is 23.8 Å². The Morgan fingerprint density at radius 3 is 2.77 bits per heavy atom. The Labute approximate surface area is 129 Å².